The van der Waals surface area contributed by atoms with E-state index in [1.54, 1.807) is 42.3 Å². The molecule has 0 heterocycles. The van der Waals surface area contributed by atoms with Gasteiger partial charge in [0.1, 0.15) is 11.8 Å². The summed E-state index contributed by atoms with van der Waals surface area (Å²) < 4.78 is 33.1. The number of ether oxygens (including phenoxy) is 1. The Morgan fingerprint density at radius 1 is 0.889 bits per heavy atom. The molecule has 0 saturated heterocycles. The van der Waals surface area contributed by atoms with Crippen LogP contribution in [0.15, 0.2) is 108 Å². The molecule has 45 heavy (non-hydrogen) atoms. The lowest BCUT2D eigenvalue weighted by atomic mass is 10.0. The number of halogens is 1. The number of methoxy groups -OCH3 is 1. The minimum Gasteiger partial charge on any atom is -0.497 e. The molecular formula is C35H36ClN3O5S. The molecule has 0 bridgehead atoms. The number of carbonyl (C=O) groups is 2. The molecule has 2 amide bonds. The van der Waals surface area contributed by atoms with Crippen molar-refractivity contribution in [3.05, 3.63) is 130 Å². The summed E-state index contributed by atoms with van der Waals surface area (Å²) in [6, 6.07) is 29.6. The molecule has 10 heteroatoms. The van der Waals surface area contributed by atoms with Crippen LogP contribution < -0.4 is 14.8 Å². The van der Waals surface area contributed by atoms with Gasteiger partial charge in [-0.15, -0.1) is 0 Å². The maximum absolute atomic E-state index is 14.0. The van der Waals surface area contributed by atoms with E-state index < -0.39 is 16.1 Å². The average Bonchev–Trinajstić information content (AvgIpc) is 3.87. The van der Waals surface area contributed by atoms with E-state index in [4.69, 9.17) is 16.3 Å². The zero-order valence-electron chi connectivity index (χ0n) is 25.0. The molecule has 0 unspecified atom stereocenters. The zero-order chi connectivity index (χ0) is 31.8. The predicted molar refractivity (Wildman–Crippen MR) is 174 cm³/mol. The third kappa shape index (κ3) is 8.72. The molecule has 1 saturated carbocycles. The van der Waals surface area contributed by atoms with E-state index in [1.807, 2.05) is 72.8 Å². The van der Waals surface area contributed by atoms with Crippen LogP contribution in [0.25, 0.3) is 0 Å². The Morgan fingerprint density at radius 2 is 1.53 bits per heavy atom. The molecule has 2 N–H and O–H groups in total. The van der Waals surface area contributed by atoms with Gasteiger partial charge in [-0.1, -0.05) is 84.4 Å². The van der Waals surface area contributed by atoms with Gasteiger partial charge in [0.05, 0.1) is 12.0 Å². The predicted octanol–water partition coefficient (Wildman–Crippen LogP) is 5.81. The van der Waals surface area contributed by atoms with Gasteiger partial charge in [-0.3, -0.25) is 9.59 Å². The number of hydrogen-bond donors (Lipinski definition) is 2. The minimum absolute atomic E-state index is 0.0171. The molecule has 0 spiro atoms. The van der Waals surface area contributed by atoms with Crippen molar-refractivity contribution in [1.82, 2.24) is 14.9 Å². The van der Waals surface area contributed by atoms with Gasteiger partial charge in [0.15, 0.2) is 0 Å². The van der Waals surface area contributed by atoms with E-state index in [1.165, 1.54) is 0 Å². The van der Waals surface area contributed by atoms with E-state index >= 15 is 0 Å². The van der Waals surface area contributed by atoms with Crippen LogP contribution in [-0.2, 0) is 39.1 Å². The Kier molecular flexibility index (Phi) is 10.5. The van der Waals surface area contributed by atoms with E-state index in [2.05, 4.69) is 10.0 Å². The highest BCUT2D eigenvalue weighted by molar-refractivity contribution is 7.89. The SMILES string of the molecule is COc1ccc(CN(C(=O)CCc2ccc(S(=O)(=O)NC3CC3)cc2)[C@H](C(=O)NCc2ccccc2Cl)c2ccccc2)cc1. The van der Waals surface area contributed by atoms with Crippen LogP contribution in [-0.4, -0.2) is 38.3 Å². The number of sulfonamides is 1. The van der Waals surface area contributed by atoms with Crippen LogP contribution in [0.3, 0.4) is 0 Å². The molecule has 1 aliphatic rings. The maximum atomic E-state index is 14.0. The number of nitrogens with zero attached hydrogens (tertiary/aromatic N) is 1. The first kappa shape index (κ1) is 32.2. The summed E-state index contributed by atoms with van der Waals surface area (Å²) in [5, 5.41) is 3.53. The summed E-state index contributed by atoms with van der Waals surface area (Å²) >= 11 is 6.35. The van der Waals surface area contributed by atoms with Crippen LogP contribution in [0.1, 0.15) is 47.6 Å². The third-order valence-corrected chi connectivity index (χ3v) is 9.58. The van der Waals surface area contributed by atoms with Crippen LogP contribution >= 0.6 is 11.6 Å². The van der Waals surface area contributed by atoms with Gasteiger partial charge in [0, 0.05) is 30.6 Å². The van der Waals surface area contributed by atoms with Crippen molar-refractivity contribution < 1.29 is 22.7 Å². The topological polar surface area (TPSA) is 105 Å². The molecule has 4 aromatic carbocycles. The first-order valence-corrected chi connectivity index (χ1v) is 16.7. The molecule has 8 nitrogen and oxygen atoms in total. The van der Waals surface area contributed by atoms with Gasteiger partial charge >= 0.3 is 0 Å². The molecule has 0 aromatic heterocycles. The number of rotatable bonds is 14. The molecule has 1 fully saturated rings. The van der Waals surface area contributed by atoms with Gasteiger partial charge in [-0.05, 0) is 71.8 Å². The Labute approximate surface area is 269 Å². The van der Waals surface area contributed by atoms with Gasteiger partial charge in [-0.25, -0.2) is 13.1 Å². The summed E-state index contributed by atoms with van der Waals surface area (Å²) in [6.07, 6.45) is 2.20. The third-order valence-electron chi connectivity index (χ3n) is 7.68. The Bertz CT molecular complexity index is 1710. The second kappa shape index (κ2) is 14.7. The monoisotopic (exact) mass is 645 g/mol. The van der Waals surface area contributed by atoms with E-state index in [0.29, 0.717) is 22.8 Å². The number of carbonyl (C=O) groups excluding carboxylic acids is 2. The zero-order valence-corrected chi connectivity index (χ0v) is 26.6. The molecule has 0 radical (unpaired) electrons. The Balaban J connectivity index is 1.38. The summed E-state index contributed by atoms with van der Waals surface area (Å²) in [7, 11) is -1.98. The number of aryl methyl sites for hydroxylation is 1. The molecule has 1 aliphatic carbocycles. The standard InChI is InChI=1S/C35H36ClN3O5S/c1-44-30-18-11-26(12-19-30)24-39(33(40)22-15-25-13-20-31(21-14-25)45(42,43)38-29-16-17-29)34(27-7-3-2-4-8-27)35(41)37-23-28-9-5-6-10-32(28)36/h2-14,18-21,29,34,38H,15-17,22-24H2,1H3,(H,37,41)/t34-/m0/s1. The Hall–Kier alpha value is -4.18. The van der Waals surface area contributed by atoms with Gasteiger partial charge in [-0.2, -0.15) is 0 Å². The molecule has 0 aliphatic heterocycles. The van der Waals surface area contributed by atoms with Crippen molar-refractivity contribution in [2.24, 2.45) is 0 Å². The number of nitrogens with one attached hydrogen (secondary N) is 2. The van der Waals surface area contributed by atoms with Crippen LogP contribution in [0.4, 0.5) is 0 Å². The molecule has 234 valence electrons. The fraction of sp³-hybridized carbons (Fsp3) is 0.257. The van der Waals surface area contributed by atoms with Crippen LogP contribution in [0.5, 0.6) is 5.75 Å². The summed E-state index contributed by atoms with van der Waals surface area (Å²) in [6.45, 7) is 0.392. The van der Waals surface area contributed by atoms with Gasteiger partial charge in [0.2, 0.25) is 21.8 Å². The van der Waals surface area contributed by atoms with E-state index in [0.717, 1.165) is 29.5 Å². The largest absolute Gasteiger partial charge is 0.497 e. The maximum Gasteiger partial charge on any atom is 0.247 e. The van der Waals surface area contributed by atoms with Gasteiger partial charge in [0.25, 0.3) is 0 Å². The summed E-state index contributed by atoms with van der Waals surface area (Å²) in [5.74, 6) is 0.131. The summed E-state index contributed by atoms with van der Waals surface area (Å²) in [4.78, 5) is 29.8. The van der Waals surface area contributed by atoms with Crippen molar-refractivity contribution in [3.8, 4) is 5.75 Å². The number of benzene rings is 4. The molecular weight excluding hydrogens is 610 g/mol. The lowest BCUT2D eigenvalue weighted by Gasteiger charge is -2.32. The molecule has 4 aromatic rings. The fourth-order valence-corrected chi connectivity index (χ4v) is 6.51. The second-order valence-corrected chi connectivity index (χ2v) is 13.2. The van der Waals surface area contributed by atoms with Crippen molar-refractivity contribution in [1.29, 1.82) is 0 Å². The normalized spacial score (nSPS) is 13.6. The van der Waals surface area contributed by atoms with Gasteiger partial charge < -0.3 is 15.0 Å². The number of hydrogen-bond acceptors (Lipinski definition) is 5. The minimum atomic E-state index is -3.56. The summed E-state index contributed by atoms with van der Waals surface area (Å²) in [5.41, 5.74) is 3.10. The Morgan fingerprint density at radius 3 is 2.18 bits per heavy atom. The lowest BCUT2D eigenvalue weighted by Crippen LogP contribution is -2.43. The average molecular weight is 646 g/mol. The van der Waals surface area contributed by atoms with E-state index in [-0.39, 0.29) is 42.3 Å². The molecule has 5 rings (SSSR count). The van der Waals surface area contributed by atoms with Crippen molar-refractivity contribution >= 4 is 33.4 Å². The first-order valence-electron chi connectivity index (χ1n) is 14.8. The lowest BCUT2D eigenvalue weighted by molar-refractivity contribution is -0.141. The fourth-order valence-electron chi connectivity index (χ4n) is 5.00. The second-order valence-electron chi connectivity index (χ2n) is 11.0. The van der Waals surface area contributed by atoms with Crippen molar-refractivity contribution in [3.63, 3.8) is 0 Å². The van der Waals surface area contributed by atoms with Crippen molar-refractivity contribution in [2.45, 2.75) is 55.8 Å². The van der Waals surface area contributed by atoms with E-state index in [9.17, 15) is 18.0 Å². The first-order chi connectivity index (χ1) is 21.7. The quantitative estimate of drug-likeness (QED) is 0.180. The van der Waals surface area contributed by atoms with Crippen LogP contribution in [0, 0.1) is 0 Å². The highest BCUT2D eigenvalue weighted by Gasteiger charge is 2.32. The van der Waals surface area contributed by atoms with Crippen molar-refractivity contribution in [2.75, 3.05) is 7.11 Å². The number of amides is 2. The highest BCUT2D eigenvalue weighted by atomic mass is 35.5. The van der Waals surface area contributed by atoms with Crippen LogP contribution in [0.2, 0.25) is 5.02 Å². The smallest absolute Gasteiger partial charge is 0.247 e. The highest BCUT2D eigenvalue weighted by Crippen LogP contribution is 2.27. The molecule has 1 atom stereocenters.